The quantitative estimate of drug-likeness (QED) is 0.423. The van der Waals surface area contributed by atoms with Crippen molar-refractivity contribution in [2.75, 3.05) is 24.7 Å². The zero-order chi connectivity index (χ0) is 18.6. The summed E-state index contributed by atoms with van der Waals surface area (Å²) in [5, 5.41) is 0. The van der Waals surface area contributed by atoms with Crippen LogP contribution in [-0.2, 0) is 31.2 Å². The predicted molar refractivity (Wildman–Crippen MR) is 87.1 cm³/mol. The molecule has 0 bridgehead atoms. The summed E-state index contributed by atoms with van der Waals surface area (Å²) in [5.41, 5.74) is -3.96. The summed E-state index contributed by atoms with van der Waals surface area (Å²) in [6, 6.07) is 9.21. The second kappa shape index (κ2) is 8.07. The van der Waals surface area contributed by atoms with Crippen molar-refractivity contribution in [1.29, 1.82) is 0 Å². The van der Waals surface area contributed by atoms with Crippen molar-refractivity contribution in [3.05, 3.63) is 29.8 Å². The zero-order valence-electron chi connectivity index (χ0n) is 13.7. The van der Waals surface area contributed by atoms with E-state index in [2.05, 4.69) is 45.0 Å². The first-order valence-electron chi connectivity index (χ1n) is 7.20. The summed E-state index contributed by atoms with van der Waals surface area (Å²) >= 11 is 0. The zero-order valence-corrected chi connectivity index (χ0v) is 15.4. The molecule has 1 aromatic rings. The lowest BCUT2D eigenvalue weighted by Gasteiger charge is -2.19. The number of hydrogen-bond donors (Lipinski definition) is 0. The maximum atomic E-state index is 10.7. The van der Waals surface area contributed by atoms with Gasteiger partial charge in [0.1, 0.15) is 11.5 Å². The van der Waals surface area contributed by atoms with Gasteiger partial charge in [-0.05, 0) is 23.1 Å². The summed E-state index contributed by atoms with van der Waals surface area (Å²) < 4.78 is 64.3. The first-order chi connectivity index (χ1) is 10.8. The van der Waals surface area contributed by atoms with Crippen LogP contribution in [0.4, 0.5) is 13.2 Å². The number of rotatable bonds is 1. The lowest BCUT2D eigenvalue weighted by molar-refractivity contribution is -0.0517. The summed E-state index contributed by atoms with van der Waals surface area (Å²) in [7, 11) is -5.66. The topological polar surface area (TPSA) is 66.4 Å². The van der Waals surface area contributed by atoms with E-state index in [9.17, 15) is 13.2 Å². The second-order valence-electron chi connectivity index (χ2n) is 6.19. The van der Waals surface area contributed by atoms with E-state index in [-0.39, 0.29) is 5.41 Å². The van der Waals surface area contributed by atoms with Crippen LogP contribution >= 0.6 is 0 Å². The summed E-state index contributed by atoms with van der Waals surface area (Å²) in [6.07, 6.45) is 0. The number of hydrogen-bond acceptors (Lipinski definition) is 4. The Labute approximate surface area is 143 Å². The number of halogens is 3. The summed E-state index contributed by atoms with van der Waals surface area (Å²) in [5.74, 6) is 2.41. The highest BCUT2D eigenvalue weighted by molar-refractivity contribution is 7.97. The first kappa shape index (κ1) is 21.3. The Bertz CT molecular complexity index is 614. The molecule has 4 nitrogen and oxygen atoms in total. The molecular formula is C15H21F3O4S2. The molecular weight excluding hydrogens is 365 g/mol. The third-order valence-corrected chi connectivity index (χ3v) is 6.11. The number of ether oxygens (including phenoxy) is 1. The fourth-order valence-electron chi connectivity index (χ4n) is 1.91. The van der Waals surface area contributed by atoms with Crippen molar-refractivity contribution in [2.45, 2.75) is 36.6 Å². The van der Waals surface area contributed by atoms with Crippen LogP contribution < -0.4 is 0 Å². The summed E-state index contributed by atoms with van der Waals surface area (Å²) in [4.78, 5) is 1.51. The highest BCUT2D eigenvalue weighted by atomic mass is 32.2. The molecule has 24 heavy (non-hydrogen) atoms. The fraction of sp³-hybridized carbons (Fsp3) is 0.600. The van der Waals surface area contributed by atoms with Crippen LogP contribution in [0, 0.1) is 0 Å². The lowest BCUT2D eigenvalue weighted by Crippen LogP contribution is -2.26. The molecule has 0 aromatic heterocycles. The lowest BCUT2D eigenvalue weighted by atomic mass is 9.87. The third kappa shape index (κ3) is 6.62. The monoisotopic (exact) mass is 386 g/mol. The van der Waals surface area contributed by atoms with Gasteiger partial charge < -0.3 is 9.29 Å². The van der Waals surface area contributed by atoms with Crippen LogP contribution in [0.2, 0.25) is 0 Å². The van der Waals surface area contributed by atoms with Gasteiger partial charge in [0.25, 0.3) is 0 Å². The molecule has 0 amide bonds. The summed E-state index contributed by atoms with van der Waals surface area (Å²) in [6.45, 7) is 8.66. The minimum atomic E-state index is -6.09. The van der Waals surface area contributed by atoms with Gasteiger partial charge in [-0.1, -0.05) is 32.9 Å². The first-order valence-corrected chi connectivity index (χ1v) is 10.2. The van der Waals surface area contributed by atoms with Crippen LogP contribution in [0.25, 0.3) is 0 Å². The maximum absolute atomic E-state index is 10.7. The van der Waals surface area contributed by atoms with E-state index in [1.54, 1.807) is 0 Å². The largest absolute Gasteiger partial charge is 0.741 e. The SMILES string of the molecule is CC(C)(C)c1ccc([S+]2CCOCC2)cc1.O=S(=O)([O-])C(F)(F)F. The second-order valence-corrected chi connectivity index (χ2v) is 9.83. The van der Waals surface area contributed by atoms with E-state index >= 15 is 0 Å². The van der Waals surface area contributed by atoms with E-state index < -0.39 is 15.6 Å². The minimum absolute atomic E-state index is 0.261. The van der Waals surface area contributed by atoms with Crippen molar-refractivity contribution in [3.63, 3.8) is 0 Å². The molecule has 1 aromatic carbocycles. The molecule has 1 saturated heterocycles. The molecule has 0 radical (unpaired) electrons. The van der Waals surface area contributed by atoms with Gasteiger partial charge in [0.2, 0.25) is 0 Å². The number of alkyl halides is 3. The minimum Gasteiger partial charge on any atom is -0.741 e. The van der Waals surface area contributed by atoms with Gasteiger partial charge in [0.05, 0.1) is 13.2 Å². The third-order valence-electron chi connectivity index (χ3n) is 3.29. The van der Waals surface area contributed by atoms with E-state index in [4.69, 9.17) is 17.7 Å². The average Bonchev–Trinajstić information content (AvgIpc) is 2.46. The van der Waals surface area contributed by atoms with Gasteiger partial charge in [-0.15, -0.1) is 0 Å². The van der Waals surface area contributed by atoms with Crippen LogP contribution in [-0.4, -0.2) is 43.2 Å². The molecule has 0 atom stereocenters. The Morgan fingerprint density at radius 3 is 1.79 bits per heavy atom. The molecule has 138 valence electrons. The van der Waals surface area contributed by atoms with Crippen LogP contribution in [0.5, 0.6) is 0 Å². The maximum Gasteiger partial charge on any atom is 0.485 e. The van der Waals surface area contributed by atoms with Gasteiger partial charge in [0.15, 0.2) is 15.0 Å². The van der Waals surface area contributed by atoms with Gasteiger partial charge in [-0.3, -0.25) is 0 Å². The highest BCUT2D eigenvalue weighted by Crippen LogP contribution is 2.25. The average molecular weight is 386 g/mol. The van der Waals surface area contributed by atoms with E-state index in [1.165, 1.54) is 22.0 Å². The normalized spacial score (nSPS) is 17.1. The molecule has 1 aliphatic heterocycles. The molecule has 0 saturated carbocycles. The Balaban J connectivity index is 0.000000307. The molecule has 0 N–H and O–H groups in total. The van der Waals surface area contributed by atoms with Gasteiger partial charge in [0, 0.05) is 10.9 Å². The molecule has 0 spiro atoms. The van der Waals surface area contributed by atoms with Gasteiger partial charge >= 0.3 is 5.51 Å². The van der Waals surface area contributed by atoms with Gasteiger partial charge in [-0.2, -0.15) is 13.2 Å². The van der Waals surface area contributed by atoms with Crippen molar-refractivity contribution in [2.24, 2.45) is 0 Å². The Hall–Kier alpha value is -0.770. The van der Waals surface area contributed by atoms with E-state index in [0.717, 1.165) is 13.2 Å². The van der Waals surface area contributed by atoms with Crippen LogP contribution in [0.15, 0.2) is 29.2 Å². The molecule has 0 aliphatic carbocycles. The van der Waals surface area contributed by atoms with Crippen molar-refractivity contribution < 1.29 is 30.9 Å². The van der Waals surface area contributed by atoms with Crippen LogP contribution in [0.1, 0.15) is 26.3 Å². The Morgan fingerprint density at radius 2 is 1.46 bits per heavy atom. The molecule has 1 fully saturated rings. The molecule has 9 heteroatoms. The molecule has 1 aliphatic rings. The highest BCUT2D eigenvalue weighted by Gasteiger charge is 2.36. The van der Waals surface area contributed by atoms with Crippen LogP contribution in [0.3, 0.4) is 0 Å². The smallest absolute Gasteiger partial charge is 0.485 e. The fourth-order valence-corrected chi connectivity index (χ4v) is 3.74. The molecule has 1 heterocycles. The van der Waals surface area contributed by atoms with Gasteiger partial charge in [-0.25, -0.2) is 8.42 Å². The van der Waals surface area contributed by atoms with E-state index in [0.29, 0.717) is 10.9 Å². The standard InChI is InChI=1S/C14H21OS.CHF3O3S/c1-14(2,3)12-4-6-13(7-5-12)16-10-8-15-9-11-16;2-1(3,4)8(5,6)7/h4-7H,8-11H2,1-3H3;(H,5,6,7)/q+1;/p-1. The van der Waals surface area contributed by atoms with Crippen molar-refractivity contribution in [1.82, 2.24) is 0 Å². The Morgan fingerprint density at radius 1 is 1.04 bits per heavy atom. The number of benzene rings is 1. The van der Waals surface area contributed by atoms with E-state index in [1.807, 2.05) is 0 Å². The predicted octanol–water partition coefficient (Wildman–Crippen LogP) is 3.04. The van der Waals surface area contributed by atoms with Crippen molar-refractivity contribution >= 4 is 21.0 Å². The molecule has 2 rings (SSSR count). The van der Waals surface area contributed by atoms with Crippen molar-refractivity contribution in [3.8, 4) is 0 Å². The Kier molecular flexibility index (Phi) is 7.16. The molecule has 0 unspecified atom stereocenters.